The molecule has 0 atom stereocenters. The van der Waals surface area contributed by atoms with Gasteiger partial charge in [0, 0.05) is 26.7 Å². The van der Waals surface area contributed by atoms with E-state index in [1.54, 1.807) is 0 Å². The number of hydrogen-bond donors (Lipinski definition) is 0. The summed E-state index contributed by atoms with van der Waals surface area (Å²) < 4.78 is 5.40. The van der Waals surface area contributed by atoms with Gasteiger partial charge in [-0.1, -0.05) is 77.6 Å². The lowest BCUT2D eigenvalue weighted by Crippen LogP contribution is -2.47. The molecular weight excluding hydrogens is 272 g/mol. The number of hydrazine groups is 1. The van der Waals surface area contributed by atoms with E-state index in [2.05, 4.69) is 24.0 Å². The zero-order chi connectivity index (χ0) is 15.9. The lowest BCUT2D eigenvalue weighted by atomic mass is 10.1. The fourth-order valence-electron chi connectivity index (χ4n) is 3.22. The van der Waals surface area contributed by atoms with Crippen LogP contribution in [0, 0.1) is 0 Å². The molecule has 22 heavy (non-hydrogen) atoms. The molecule has 3 heteroatoms. The van der Waals surface area contributed by atoms with Crippen LogP contribution in [-0.4, -0.2) is 49.9 Å². The third-order valence-corrected chi connectivity index (χ3v) is 4.81. The summed E-state index contributed by atoms with van der Waals surface area (Å²) in [6, 6.07) is 0. The van der Waals surface area contributed by atoms with Gasteiger partial charge in [-0.25, -0.2) is 10.0 Å². The Morgan fingerprint density at radius 1 is 0.727 bits per heavy atom. The Hall–Kier alpha value is -0.120. The van der Waals surface area contributed by atoms with Crippen molar-refractivity contribution in [2.24, 2.45) is 0 Å². The van der Waals surface area contributed by atoms with E-state index in [9.17, 15) is 0 Å². The van der Waals surface area contributed by atoms with E-state index in [4.69, 9.17) is 4.74 Å². The van der Waals surface area contributed by atoms with Gasteiger partial charge >= 0.3 is 0 Å². The summed E-state index contributed by atoms with van der Waals surface area (Å²) in [5, 5.41) is 4.83. The Kier molecular flexibility index (Phi) is 13.1. The van der Waals surface area contributed by atoms with E-state index < -0.39 is 0 Å². The van der Waals surface area contributed by atoms with Crippen molar-refractivity contribution in [3.63, 3.8) is 0 Å². The van der Waals surface area contributed by atoms with Gasteiger partial charge in [0.2, 0.25) is 0 Å². The van der Waals surface area contributed by atoms with E-state index in [1.807, 2.05) is 0 Å². The van der Waals surface area contributed by atoms with Crippen molar-refractivity contribution in [1.82, 2.24) is 10.0 Å². The zero-order valence-electron chi connectivity index (χ0n) is 15.3. The monoisotopic (exact) mass is 312 g/mol. The second-order valence-electron chi connectivity index (χ2n) is 6.84. The largest absolute Gasteiger partial charge is 0.379 e. The highest BCUT2D eigenvalue weighted by Crippen LogP contribution is 2.12. The van der Waals surface area contributed by atoms with Crippen molar-refractivity contribution in [3.05, 3.63) is 0 Å². The Balaban J connectivity index is 1.77. The topological polar surface area (TPSA) is 15.7 Å². The highest BCUT2D eigenvalue weighted by atomic mass is 16.5. The molecule has 0 aromatic rings. The second-order valence-corrected chi connectivity index (χ2v) is 6.84. The molecule has 0 aliphatic carbocycles. The summed E-state index contributed by atoms with van der Waals surface area (Å²) in [6.07, 6.45) is 17.1. The molecule has 1 fully saturated rings. The second kappa shape index (κ2) is 14.5. The maximum atomic E-state index is 5.40. The van der Waals surface area contributed by atoms with Crippen LogP contribution in [0.2, 0.25) is 0 Å². The Bertz CT molecular complexity index is 229. The van der Waals surface area contributed by atoms with Crippen molar-refractivity contribution < 1.29 is 4.74 Å². The molecule has 1 heterocycles. The summed E-state index contributed by atoms with van der Waals surface area (Å²) in [7, 11) is 2.23. The van der Waals surface area contributed by atoms with Crippen LogP contribution in [0.4, 0.5) is 0 Å². The summed E-state index contributed by atoms with van der Waals surface area (Å²) in [6.45, 7) is 7.41. The SMILES string of the molecule is CCCCCCCCCCCCCCN(C)N1CCOCC1. The van der Waals surface area contributed by atoms with Crippen molar-refractivity contribution in [3.8, 4) is 0 Å². The third kappa shape index (κ3) is 10.6. The van der Waals surface area contributed by atoms with Gasteiger partial charge in [-0.15, -0.1) is 0 Å². The lowest BCUT2D eigenvalue weighted by Gasteiger charge is -2.34. The summed E-state index contributed by atoms with van der Waals surface area (Å²) in [5.41, 5.74) is 0. The molecule has 0 spiro atoms. The Morgan fingerprint density at radius 3 is 1.68 bits per heavy atom. The summed E-state index contributed by atoms with van der Waals surface area (Å²) in [4.78, 5) is 0. The van der Waals surface area contributed by atoms with Crippen LogP contribution in [0.5, 0.6) is 0 Å². The van der Waals surface area contributed by atoms with Gasteiger partial charge in [-0.3, -0.25) is 0 Å². The van der Waals surface area contributed by atoms with Crippen LogP contribution in [0.1, 0.15) is 84.0 Å². The van der Waals surface area contributed by atoms with E-state index >= 15 is 0 Å². The van der Waals surface area contributed by atoms with Crippen molar-refractivity contribution in [2.75, 3.05) is 39.9 Å². The minimum absolute atomic E-state index is 0.892. The van der Waals surface area contributed by atoms with Crippen LogP contribution in [-0.2, 0) is 4.74 Å². The lowest BCUT2D eigenvalue weighted by molar-refractivity contribution is -0.0759. The van der Waals surface area contributed by atoms with Crippen molar-refractivity contribution in [2.45, 2.75) is 84.0 Å². The molecule has 132 valence electrons. The molecule has 1 rings (SSSR count). The Morgan fingerprint density at radius 2 is 1.18 bits per heavy atom. The number of morpholine rings is 1. The number of ether oxygens (including phenoxy) is 1. The van der Waals surface area contributed by atoms with Gasteiger partial charge in [0.1, 0.15) is 0 Å². The minimum atomic E-state index is 0.892. The third-order valence-electron chi connectivity index (χ3n) is 4.81. The first kappa shape index (κ1) is 19.9. The van der Waals surface area contributed by atoms with E-state index in [-0.39, 0.29) is 0 Å². The molecular formula is C19H40N2O. The first-order valence-corrected chi connectivity index (χ1v) is 9.88. The van der Waals surface area contributed by atoms with Crippen LogP contribution in [0.25, 0.3) is 0 Å². The molecule has 1 aliphatic rings. The molecule has 0 bridgehead atoms. The molecule has 0 unspecified atom stereocenters. The highest BCUT2D eigenvalue weighted by molar-refractivity contribution is 4.59. The van der Waals surface area contributed by atoms with Crippen LogP contribution in [0.3, 0.4) is 0 Å². The van der Waals surface area contributed by atoms with Gasteiger partial charge in [0.25, 0.3) is 0 Å². The maximum absolute atomic E-state index is 5.40. The predicted molar refractivity (Wildman–Crippen MR) is 96.1 cm³/mol. The fraction of sp³-hybridized carbons (Fsp3) is 1.00. The number of hydrogen-bond acceptors (Lipinski definition) is 3. The van der Waals surface area contributed by atoms with E-state index in [1.165, 1.54) is 83.6 Å². The van der Waals surface area contributed by atoms with Crippen LogP contribution < -0.4 is 0 Å². The predicted octanol–water partition coefficient (Wildman–Crippen LogP) is 4.87. The average Bonchev–Trinajstić information content (AvgIpc) is 2.56. The van der Waals surface area contributed by atoms with E-state index in [0.717, 1.165) is 26.3 Å². The Labute approximate surface area is 139 Å². The first-order chi connectivity index (χ1) is 10.8. The number of nitrogens with zero attached hydrogens (tertiary/aromatic N) is 2. The van der Waals surface area contributed by atoms with Gasteiger partial charge in [-0.05, 0) is 6.42 Å². The molecule has 0 N–H and O–H groups in total. The maximum Gasteiger partial charge on any atom is 0.0608 e. The molecule has 1 aliphatic heterocycles. The molecule has 0 radical (unpaired) electrons. The molecule has 0 amide bonds. The number of rotatable bonds is 14. The summed E-state index contributed by atoms with van der Waals surface area (Å²) >= 11 is 0. The van der Waals surface area contributed by atoms with Gasteiger partial charge in [-0.2, -0.15) is 0 Å². The minimum Gasteiger partial charge on any atom is -0.379 e. The van der Waals surface area contributed by atoms with Crippen molar-refractivity contribution in [1.29, 1.82) is 0 Å². The molecule has 1 saturated heterocycles. The van der Waals surface area contributed by atoms with E-state index in [0.29, 0.717) is 0 Å². The normalized spacial score (nSPS) is 16.5. The van der Waals surface area contributed by atoms with Crippen LogP contribution in [0.15, 0.2) is 0 Å². The molecule has 0 aromatic heterocycles. The van der Waals surface area contributed by atoms with Gasteiger partial charge in [0.05, 0.1) is 13.2 Å². The number of unbranched alkanes of at least 4 members (excludes halogenated alkanes) is 11. The van der Waals surface area contributed by atoms with Crippen LogP contribution >= 0.6 is 0 Å². The highest BCUT2D eigenvalue weighted by Gasteiger charge is 2.13. The quantitative estimate of drug-likeness (QED) is 0.426. The standard InChI is InChI=1S/C19H40N2O/c1-3-4-5-6-7-8-9-10-11-12-13-14-15-20(2)21-16-18-22-19-17-21/h3-19H2,1-2H3. The zero-order valence-corrected chi connectivity index (χ0v) is 15.3. The first-order valence-electron chi connectivity index (χ1n) is 9.88. The average molecular weight is 313 g/mol. The molecule has 0 aromatic carbocycles. The van der Waals surface area contributed by atoms with Gasteiger partial charge < -0.3 is 4.74 Å². The smallest absolute Gasteiger partial charge is 0.0608 e. The fourth-order valence-corrected chi connectivity index (χ4v) is 3.22. The summed E-state index contributed by atoms with van der Waals surface area (Å²) in [5.74, 6) is 0. The van der Waals surface area contributed by atoms with Crippen molar-refractivity contribution >= 4 is 0 Å². The molecule has 3 nitrogen and oxygen atoms in total. The van der Waals surface area contributed by atoms with Gasteiger partial charge in [0.15, 0.2) is 0 Å². The molecule has 0 saturated carbocycles.